The van der Waals surface area contributed by atoms with Crippen molar-refractivity contribution in [3.05, 3.63) is 35.7 Å². The summed E-state index contributed by atoms with van der Waals surface area (Å²) in [6, 6.07) is 7.49. The maximum atomic E-state index is 8.87. The minimum Gasteiger partial charge on any atom is -0.488 e. The number of ether oxygens (including phenoxy) is 1. The maximum absolute atomic E-state index is 8.87. The maximum Gasteiger partial charge on any atom is 0.122 e. The summed E-state index contributed by atoms with van der Waals surface area (Å²) in [6.45, 7) is 3.68. The first-order valence-corrected chi connectivity index (χ1v) is 4.88. The monoisotopic (exact) mass is 243 g/mol. The highest BCUT2D eigenvalue weighted by atomic mass is 79.9. The largest absolute Gasteiger partial charge is 0.488 e. The van der Waals surface area contributed by atoms with Gasteiger partial charge in [-0.05, 0) is 37.6 Å². The lowest BCUT2D eigenvalue weighted by Gasteiger charge is -2.14. The van der Waals surface area contributed by atoms with Gasteiger partial charge in [-0.1, -0.05) is 15.9 Å². The molecule has 1 rings (SSSR count). The Labute approximate surface area is 86.7 Å². The summed E-state index contributed by atoms with van der Waals surface area (Å²) in [7, 11) is 0. The average molecular weight is 244 g/mol. The van der Waals surface area contributed by atoms with Gasteiger partial charge in [-0.2, -0.15) is 0 Å². The van der Waals surface area contributed by atoms with Crippen molar-refractivity contribution < 1.29 is 9.84 Å². The van der Waals surface area contributed by atoms with Crippen LogP contribution in [0.4, 0.5) is 0 Å². The van der Waals surface area contributed by atoms with Gasteiger partial charge in [0.1, 0.15) is 11.9 Å². The fourth-order valence-electron chi connectivity index (χ4n) is 0.893. The first-order chi connectivity index (χ1) is 6.26. The van der Waals surface area contributed by atoms with Crippen molar-refractivity contribution in [2.75, 3.05) is 6.61 Å². The Balaban J connectivity index is 2.58. The number of benzene rings is 1. The second kappa shape index (κ2) is 5.25. The zero-order valence-electron chi connectivity index (χ0n) is 7.24. The SMILES string of the molecule is [CH2]CC(CO)Oc1ccc(Br)cc1. The van der Waals surface area contributed by atoms with Gasteiger partial charge in [-0.15, -0.1) is 0 Å². The predicted molar refractivity (Wildman–Crippen MR) is 55.6 cm³/mol. The third kappa shape index (κ3) is 3.36. The lowest BCUT2D eigenvalue weighted by molar-refractivity contribution is 0.117. The Kier molecular flexibility index (Phi) is 4.25. The van der Waals surface area contributed by atoms with E-state index in [0.717, 1.165) is 10.2 Å². The molecule has 0 fully saturated rings. The van der Waals surface area contributed by atoms with Gasteiger partial charge in [0.25, 0.3) is 0 Å². The third-order valence-electron chi connectivity index (χ3n) is 1.64. The van der Waals surface area contributed by atoms with E-state index in [-0.39, 0.29) is 12.7 Å². The van der Waals surface area contributed by atoms with Crippen LogP contribution in [0.15, 0.2) is 28.7 Å². The topological polar surface area (TPSA) is 29.5 Å². The number of aliphatic hydroxyl groups excluding tert-OH is 1. The van der Waals surface area contributed by atoms with Gasteiger partial charge < -0.3 is 9.84 Å². The summed E-state index contributed by atoms with van der Waals surface area (Å²) in [5.74, 6) is 0.755. The van der Waals surface area contributed by atoms with Crippen LogP contribution in [0.3, 0.4) is 0 Å². The molecule has 0 aliphatic carbocycles. The fourth-order valence-corrected chi connectivity index (χ4v) is 1.16. The van der Waals surface area contributed by atoms with Crippen LogP contribution in [-0.4, -0.2) is 17.8 Å². The number of halogens is 1. The van der Waals surface area contributed by atoms with E-state index in [0.29, 0.717) is 6.42 Å². The van der Waals surface area contributed by atoms with E-state index in [1.165, 1.54) is 0 Å². The van der Waals surface area contributed by atoms with Crippen LogP contribution in [0.1, 0.15) is 6.42 Å². The molecule has 0 heterocycles. The van der Waals surface area contributed by atoms with Crippen LogP contribution in [0, 0.1) is 6.92 Å². The van der Waals surface area contributed by atoms with Crippen molar-refractivity contribution in [1.82, 2.24) is 0 Å². The zero-order chi connectivity index (χ0) is 9.68. The van der Waals surface area contributed by atoms with Crippen LogP contribution >= 0.6 is 15.9 Å². The van der Waals surface area contributed by atoms with E-state index in [4.69, 9.17) is 9.84 Å². The van der Waals surface area contributed by atoms with Gasteiger partial charge in [0, 0.05) is 4.47 Å². The average Bonchev–Trinajstić information content (AvgIpc) is 2.17. The molecule has 2 nitrogen and oxygen atoms in total. The van der Waals surface area contributed by atoms with E-state index >= 15 is 0 Å². The first kappa shape index (κ1) is 10.5. The van der Waals surface area contributed by atoms with Crippen LogP contribution in [0.5, 0.6) is 5.75 Å². The molecule has 3 heteroatoms. The lowest BCUT2D eigenvalue weighted by Crippen LogP contribution is -2.19. The van der Waals surface area contributed by atoms with Crippen LogP contribution in [0.25, 0.3) is 0 Å². The van der Waals surface area contributed by atoms with E-state index in [2.05, 4.69) is 22.9 Å². The number of hydrogen-bond donors (Lipinski definition) is 1. The Bertz CT molecular complexity index is 242. The smallest absolute Gasteiger partial charge is 0.122 e. The number of rotatable bonds is 4. The molecule has 0 bridgehead atoms. The molecule has 0 amide bonds. The molecule has 71 valence electrons. The highest BCUT2D eigenvalue weighted by Gasteiger charge is 2.05. The van der Waals surface area contributed by atoms with Crippen LogP contribution < -0.4 is 4.74 Å². The lowest BCUT2D eigenvalue weighted by atomic mass is 10.3. The molecule has 1 aromatic rings. The van der Waals surface area contributed by atoms with Crippen molar-refractivity contribution in [3.63, 3.8) is 0 Å². The minimum absolute atomic E-state index is 0.000433. The Morgan fingerprint density at radius 3 is 2.46 bits per heavy atom. The molecule has 0 aliphatic rings. The fraction of sp³-hybridized carbons (Fsp3) is 0.300. The zero-order valence-corrected chi connectivity index (χ0v) is 8.83. The second-order valence-corrected chi connectivity index (χ2v) is 3.58. The molecule has 1 unspecified atom stereocenters. The van der Waals surface area contributed by atoms with Crippen molar-refractivity contribution in [3.8, 4) is 5.75 Å². The molecule has 1 radical (unpaired) electrons. The van der Waals surface area contributed by atoms with E-state index in [1.54, 1.807) is 0 Å². The molecule has 0 aliphatic heterocycles. The van der Waals surface area contributed by atoms with Crippen molar-refractivity contribution in [2.45, 2.75) is 12.5 Å². The normalized spacial score (nSPS) is 12.5. The first-order valence-electron chi connectivity index (χ1n) is 4.08. The van der Waals surface area contributed by atoms with E-state index in [1.807, 2.05) is 24.3 Å². The molecular weight excluding hydrogens is 232 g/mol. The van der Waals surface area contributed by atoms with Crippen molar-refractivity contribution >= 4 is 15.9 Å². The number of aliphatic hydroxyl groups is 1. The molecule has 1 atom stereocenters. The van der Waals surface area contributed by atoms with Crippen molar-refractivity contribution in [2.24, 2.45) is 0 Å². The second-order valence-electron chi connectivity index (χ2n) is 2.67. The Morgan fingerprint density at radius 2 is 2.00 bits per heavy atom. The highest BCUT2D eigenvalue weighted by Crippen LogP contribution is 2.17. The quantitative estimate of drug-likeness (QED) is 0.881. The van der Waals surface area contributed by atoms with Crippen molar-refractivity contribution in [1.29, 1.82) is 0 Å². The van der Waals surface area contributed by atoms with Gasteiger partial charge in [-0.25, -0.2) is 0 Å². The summed E-state index contributed by atoms with van der Waals surface area (Å²) in [6.07, 6.45) is 0.355. The standard InChI is InChI=1S/C10H12BrO2/c1-2-9(7-12)13-10-5-3-8(11)4-6-10/h3-6,9,12H,1-2,7H2. The molecule has 0 saturated heterocycles. The highest BCUT2D eigenvalue weighted by molar-refractivity contribution is 9.10. The molecule has 13 heavy (non-hydrogen) atoms. The van der Waals surface area contributed by atoms with Gasteiger partial charge in [0.2, 0.25) is 0 Å². The summed E-state index contributed by atoms with van der Waals surface area (Å²) >= 11 is 3.33. The molecule has 0 aromatic heterocycles. The van der Waals surface area contributed by atoms with E-state index in [9.17, 15) is 0 Å². The van der Waals surface area contributed by atoms with Crippen LogP contribution in [-0.2, 0) is 0 Å². The van der Waals surface area contributed by atoms with E-state index < -0.39 is 0 Å². The molecular formula is C10H12BrO2. The molecule has 0 saturated carbocycles. The molecule has 1 N–H and O–H groups in total. The Hall–Kier alpha value is -0.540. The predicted octanol–water partition coefficient (Wildman–Crippen LogP) is 2.41. The summed E-state index contributed by atoms with van der Waals surface area (Å²) < 4.78 is 6.44. The summed E-state index contributed by atoms with van der Waals surface area (Å²) in [5.41, 5.74) is 0. The summed E-state index contributed by atoms with van der Waals surface area (Å²) in [4.78, 5) is 0. The van der Waals surface area contributed by atoms with Gasteiger partial charge in [0.15, 0.2) is 0 Å². The molecule has 1 aromatic carbocycles. The summed E-state index contributed by atoms with van der Waals surface area (Å²) in [5, 5.41) is 8.87. The van der Waals surface area contributed by atoms with Gasteiger partial charge >= 0.3 is 0 Å². The minimum atomic E-state index is -0.207. The van der Waals surface area contributed by atoms with Gasteiger partial charge in [0.05, 0.1) is 6.61 Å². The Morgan fingerprint density at radius 1 is 1.38 bits per heavy atom. The van der Waals surface area contributed by atoms with Gasteiger partial charge in [-0.3, -0.25) is 0 Å². The number of hydrogen-bond acceptors (Lipinski definition) is 2. The molecule has 0 spiro atoms. The third-order valence-corrected chi connectivity index (χ3v) is 2.17. The van der Waals surface area contributed by atoms with Crippen LogP contribution in [0.2, 0.25) is 0 Å².